The molecule has 0 amide bonds. The van der Waals surface area contributed by atoms with Gasteiger partial charge in [-0.05, 0) is 18.1 Å². The Morgan fingerprint density at radius 1 is 1.50 bits per heavy atom. The summed E-state index contributed by atoms with van der Waals surface area (Å²) >= 11 is 0. The van der Waals surface area contributed by atoms with E-state index < -0.39 is 11.0 Å². The van der Waals surface area contributed by atoms with Gasteiger partial charge in [-0.3, -0.25) is 10.1 Å². The van der Waals surface area contributed by atoms with Crippen LogP contribution in [0.2, 0.25) is 0 Å². The van der Waals surface area contributed by atoms with Gasteiger partial charge in [-0.2, -0.15) is 5.26 Å². The molecule has 0 radical (unpaired) electrons. The van der Waals surface area contributed by atoms with Gasteiger partial charge in [0.1, 0.15) is 6.07 Å². The highest BCUT2D eigenvalue weighted by Gasteiger charge is 2.18. The van der Waals surface area contributed by atoms with Crippen LogP contribution < -0.4 is 10.1 Å². The summed E-state index contributed by atoms with van der Waals surface area (Å²) in [6.07, 6.45) is -0.204. The van der Waals surface area contributed by atoms with E-state index in [1.54, 1.807) is 19.1 Å². The highest BCUT2D eigenvalue weighted by molar-refractivity contribution is 5.48. The molecule has 0 aliphatic heterocycles. The predicted molar refractivity (Wildman–Crippen MR) is 75.4 cm³/mol. The number of benzene rings is 1. The van der Waals surface area contributed by atoms with Gasteiger partial charge in [0, 0.05) is 18.7 Å². The van der Waals surface area contributed by atoms with E-state index in [4.69, 9.17) is 10.00 Å². The Morgan fingerprint density at radius 2 is 2.20 bits per heavy atom. The van der Waals surface area contributed by atoms with Crippen LogP contribution in [-0.2, 0) is 6.54 Å². The van der Waals surface area contributed by atoms with Crippen LogP contribution in [0.1, 0.15) is 32.8 Å². The van der Waals surface area contributed by atoms with Gasteiger partial charge in [-0.25, -0.2) is 0 Å². The van der Waals surface area contributed by atoms with Crippen LogP contribution in [0, 0.1) is 21.4 Å². The molecule has 0 aromatic heterocycles. The lowest BCUT2D eigenvalue weighted by Crippen LogP contribution is -2.22. The number of hydrogen-bond acceptors (Lipinski definition) is 5. The van der Waals surface area contributed by atoms with Gasteiger partial charge in [0.15, 0.2) is 11.9 Å². The van der Waals surface area contributed by atoms with Crippen LogP contribution >= 0.6 is 0 Å². The third-order valence-electron chi connectivity index (χ3n) is 2.72. The van der Waals surface area contributed by atoms with Gasteiger partial charge >= 0.3 is 5.69 Å². The normalized spacial score (nSPS) is 11.9. The molecule has 0 aliphatic rings. The molecule has 0 saturated carbocycles. The van der Waals surface area contributed by atoms with Crippen molar-refractivity contribution in [2.45, 2.75) is 45.9 Å². The number of nitrogens with one attached hydrogen (secondary N) is 1. The van der Waals surface area contributed by atoms with Crippen LogP contribution in [0.15, 0.2) is 18.2 Å². The second-order valence-electron chi connectivity index (χ2n) is 4.74. The van der Waals surface area contributed by atoms with Crippen molar-refractivity contribution >= 4 is 5.69 Å². The number of nitro groups is 1. The van der Waals surface area contributed by atoms with E-state index in [1.807, 2.05) is 19.9 Å². The Morgan fingerprint density at radius 3 is 2.70 bits per heavy atom. The molecule has 1 aromatic rings. The van der Waals surface area contributed by atoms with E-state index in [9.17, 15) is 10.1 Å². The molecule has 20 heavy (non-hydrogen) atoms. The number of ether oxygens (including phenoxy) is 1. The first kappa shape index (κ1) is 15.9. The smallest absolute Gasteiger partial charge is 0.310 e. The lowest BCUT2D eigenvalue weighted by Gasteiger charge is -2.13. The zero-order chi connectivity index (χ0) is 15.1. The summed E-state index contributed by atoms with van der Waals surface area (Å²) in [5.74, 6) is 0.145. The summed E-state index contributed by atoms with van der Waals surface area (Å²) in [5, 5.41) is 23.1. The van der Waals surface area contributed by atoms with Crippen molar-refractivity contribution in [2.24, 2.45) is 0 Å². The fourth-order valence-electron chi connectivity index (χ4n) is 1.59. The van der Waals surface area contributed by atoms with E-state index in [0.29, 0.717) is 19.0 Å². The Labute approximate surface area is 118 Å². The average Bonchev–Trinajstić information content (AvgIpc) is 2.42. The molecule has 6 heteroatoms. The fourth-order valence-corrected chi connectivity index (χ4v) is 1.59. The van der Waals surface area contributed by atoms with Crippen molar-refractivity contribution < 1.29 is 9.66 Å². The molecular formula is C14H19N3O3. The van der Waals surface area contributed by atoms with Gasteiger partial charge in [0.05, 0.1) is 4.92 Å². The Balaban J connectivity index is 3.00. The van der Waals surface area contributed by atoms with Gasteiger partial charge in [0.25, 0.3) is 0 Å². The molecule has 0 bridgehead atoms. The van der Waals surface area contributed by atoms with Gasteiger partial charge in [0.2, 0.25) is 0 Å². The molecular weight excluding hydrogens is 258 g/mol. The molecule has 0 heterocycles. The molecule has 0 fully saturated rings. The lowest BCUT2D eigenvalue weighted by atomic mass is 10.1. The first-order valence-electron chi connectivity index (χ1n) is 6.54. The van der Waals surface area contributed by atoms with Gasteiger partial charge in [-0.1, -0.05) is 26.8 Å². The van der Waals surface area contributed by atoms with E-state index >= 15 is 0 Å². The third kappa shape index (κ3) is 4.52. The second kappa shape index (κ2) is 7.46. The molecule has 6 nitrogen and oxygen atoms in total. The van der Waals surface area contributed by atoms with Crippen LogP contribution in [-0.4, -0.2) is 17.1 Å². The van der Waals surface area contributed by atoms with Crippen LogP contribution in [0.3, 0.4) is 0 Å². The predicted octanol–water partition coefficient (Wildman–Crippen LogP) is 2.77. The van der Waals surface area contributed by atoms with Crippen molar-refractivity contribution in [3.8, 4) is 11.8 Å². The monoisotopic (exact) mass is 277 g/mol. The summed E-state index contributed by atoms with van der Waals surface area (Å²) in [6, 6.07) is 7.01. The number of nitro benzene ring substituents is 1. The molecule has 1 N–H and O–H groups in total. The van der Waals surface area contributed by atoms with E-state index in [2.05, 4.69) is 5.32 Å². The molecule has 1 unspecified atom stereocenters. The standard InChI is InChI=1S/C14H19N3O3/c1-4-12(8-15)20-14-7-11(9-16-10(2)3)5-6-13(14)17(18)19/h5-7,10,12,16H,4,9H2,1-3H3. The maximum atomic E-state index is 11.0. The van der Waals surface area contributed by atoms with Crippen molar-refractivity contribution in [1.82, 2.24) is 5.32 Å². The minimum atomic E-state index is -0.679. The molecule has 108 valence electrons. The van der Waals surface area contributed by atoms with Gasteiger partial charge in [-0.15, -0.1) is 0 Å². The number of nitrogens with zero attached hydrogens (tertiary/aromatic N) is 2. The van der Waals surface area contributed by atoms with Crippen molar-refractivity contribution in [1.29, 1.82) is 5.26 Å². The van der Waals surface area contributed by atoms with Crippen LogP contribution in [0.25, 0.3) is 0 Å². The minimum Gasteiger partial charge on any atom is -0.468 e. The molecule has 0 spiro atoms. The molecule has 0 saturated heterocycles. The highest BCUT2D eigenvalue weighted by Crippen LogP contribution is 2.29. The largest absolute Gasteiger partial charge is 0.468 e. The first-order valence-corrected chi connectivity index (χ1v) is 6.54. The Kier molecular flexibility index (Phi) is 5.94. The topological polar surface area (TPSA) is 88.2 Å². The number of nitriles is 1. The zero-order valence-electron chi connectivity index (χ0n) is 11.9. The quantitative estimate of drug-likeness (QED) is 0.611. The Hall–Kier alpha value is -2.13. The maximum Gasteiger partial charge on any atom is 0.310 e. The van der Waals surface area contributed by atoms with Crippen molar-refractivity contribution in [2.75, 3.05) is 0 Å². The summed E-state index contributed by atoms with van der Waals surface area (Å²) < 4.78 is 5.42. The van der Waals surface area contributed by atoms with Crippen molar-refractivity contribution in [3.63, 3.8) is 0 Å². The number of hydrogen-bond donors (Lipinski definition) is 1. The summed E-state index contributed by atoms with van der Waals surface area (Å²) in [7, 11) is 0. The van der Waals surface area contributed by atoms with E-state index in [0.717, 1.165) is 5.56 Å². The summed E-state index contributed by atoms with van der Waals surface area (Å²) in [5.41, 5.74) is 0.763. The second-order valence-corrected chi connectivity index (χ2v) is 4.74. The molecule has 1 aromatic carbocycles. The van der Waals surface area contributed by atoms with E-state index in [-0.39, 0.29) is 11.4 Å². The first-order chi connectivity index (χ1) is 9.47. The fraction of sp³-hybridized carbons (Fsp3) is 0.500. The average molecular weight is 277 g/mol. The lowest BCUT2D eigenvalue weighted by molar-refractivity contribution is -0.386. The van der Waals surface area contributed by atoms with Gasteiger partial charge < -0.3 is 10.1 Å². The molecule has 1 atom stereocenters. The summed E-state index contributed by atoms with van der Waals surface area (Å²) in [6.45, 7) is 6.43. The zero-order valence-corrected chi connectivity index (χ0v) is 11.9. The number of rotatable bonds is 7. The minimum absolute atomic E-state index is 0.119. The summed E-state index contributed by atoms with van der Waals surface area (Å²) in [4.78, 5) is 10.5. The molecule has 0 aliphatic carbocycles. The van der Waals surface area contributed by atoms with E-state index in [1.165, 1.54) is 6.07 Å². The van der Waals surface area contributed by atoms with Crippen LogP contribution in [0.5, 0.6) is 5.75 Å². The SMILES string of the molecule is CCC(C#N)Oc1cc(CNC(C)C)ccc1[N+](=O)[O-]. The van der Waals surface area contributed by atoms with Crippen LogP contribution in [0.4, 0.5) is 5.69 Å². The van der Waals surface area contributed by atoms with Crippen molar-refractivity contribution in [3.05, 3.63) is 33.9 Å². The molecule has 1 rings (SSSR count). The Bertz CT molecular complexity index is 509. The maximum absolute atomic E-state index is 11.0. The highest BCUT2D eigenvalue weighted by atomic mass is 16.6. The third-order valence-corrected chi connectivity index (χ3v) is 2.72.